The zero-order valence-corrected chi connectivity index (χ0v) is 17.3. The lowest BCUT2D eigenvalue weighted by Crippen LogP contribution is -2.31. The third-order valence-corrected chi connectivity index (χ3v) is 5.60. The Balaban J connectivity index is 1.79. The van der Waals surface area contributed by atoms with Gasteiger partial charge in [-0.25, -0.2) is 0 Å². The average Bonchev–Trinajstić information content (AvgIpc) is 3.48. The first-order valence-electron chi connectivity index (χ1n) is 9.52. The van der Waals surface area contributed by atoms with E-state index in [0.717, 1.165) is 6.42 Å². The zero-order chi connectivity index (χ0) is 21.3. The van der Waals surface area contributed by atoms with Crippen molar-refractivity contribution in [1.29, 1.82) is 0 Å². The molecule has 0 saturated heterocycles. The van der Waals surface area contributed by atoms with Crippen molar-refractivity contribution in [3.05, 3.63) is 75.4 Å². The maximum absolute atomic E-state index is 13.2. The number of hydrogen-bond donors (Lipinski definition) is 1. The smallest absolute Gasteiger partial charge is 0.295 e. The molecule has 2 aromatic heterocycles. The van der Waals surface area contributed by atoms with E-state index in [0.29, 0.717) is 28.6 Å². The highest BCUT2D eigenvalue weighted by molar-refractivity contribution is 7.12. The van der Waals surface area contributed by atoms with E-state index in [1.807, 2.05) is 6.92 Å². The number of hydrogen-bond acceptors (Lipinski definition) is 7. The van der Waals surface area contributed by atoms with E-state index in [9.17, 15) is 14.7 Å². The lowest BCUT2D eigenvalue weighted by atomic mass is 9.95. The van der Waals surface area contributed by atoms with E-state index in [1.54, 1.807) is 54.8 Å². The molecule has 1 aliphatic heterocycles. The summed E-state index contributed by atoms with van der Waals surface area (Å²) in [7, 11) is 0. The van der Waals surface area contributed by atoms with Gasteiger partial charge in [-0.2, -0.15) is 0 Å². The Labute approximate surface area is 177 Å². The third-order valence-electron chi connectivity index (χ3n) is 4.73. The molecular weight excluding hydrogens is 404 g/mol. The summed E-state index contributed by atoms with van der Waals surface area (Å²) in [5, 5.41) is 16.4. The van der Waals surface area contributed by atoms with Crippen LogP contribution in [0.4, 0.5) is 5.82 Å². The highest BCUT2D eigenvalue weighted by atomic mass is 32.1. The minimum absolute atomic E-state index is 0.0188. The summed E-state index contributed by atoms with van der Waals surface area (Å²) < 4.78 is 10.8. The highest BCUT2D eigenvalue weighted by Gasteiger charge is 2.46. The van der Waals surface area contributed by atoms with Crippen LogP contribution in [0.3, 0.4) is 0 Å². The van der Waals surface area contributed by atoms with Gasteiger partial charge in [0.05, 0.1) is 23.1 Å². The number of amides is 1. The Morgan fingerprint density at radius 2 is 2.07 bits per heavy atom. The van der Waals surface area contributed by atoms with Gasteiger partial charge in [-0.1, -0.05) is 30.3 Å². The number of anilines is 1. The van der Waals surface area contributed by atoms with E-state index in [1.165, 1.54) is 16.2 Å². The summed E-state index contributed by atoms with van der Waals surface area (Å²) in [5.74, 6) is -0.237. The molecule has 3 heterocycles. The predicted molar refractivity (Wildman–Crippen MR) is 112 cm³/mol. The largest absolute Gasteiger partial charge is 0.503 e. The van der Waals surface area contributed by atoms with Crippen LogP contribution in [0.5, 0.6) is 5.75 Å². The number of aryl methyl sites for hydroxylation is 1. The van der Waals surface area contributed by atoms with Crippen LogP contribution < -0.4 is 9.64 Å². The zero-order valence-electron chi connectivity index (χ0n) is 16.5. The third kappa shape index (κ3) is 3.50. The summed E-state index contributed by atoms with van der Waals surface area (Å²) in [6.45, 7) is 4.32. The second-order valence-electron chi connectivity index (χ2n) is 6.86. The first-order valence-corrected chi connectivity index (χ1v) is 10.4. The number of nitrogens with zero attached hydrogens (tertiary/aromatic N) is 2. The normalized spacial score (nSPS) is 16.4. The Hall–Kier alpha value is -3.39. The van der Waals surface area contributed by atoms with Gasteiger partial charge in [-0.05, 0) is 42.5 Å². The van der Waals surface area contributed by atoms with Crippen LogP contribution in [0.25, 0.3) is 0 Å². The van der Waals surface area contributed by atoms with Crippen molar-refractivity contribution >= 4 is 28.8 Å². The fourth-order valence-electron chi connectivity index (χ4n) is 3.36. The van der Waals surface area contributed by atoms with Gasteiger partial charge in [0, 0.05) is 6.07 Å². The molecule has 154 valence electrons. The van der Waals surface area contributed by atoms with Gasteiger partial charge in [-0.15, -0.1) is 11.3 Å². The molecule has 0 saturated carbocycles. The highest BCUT2D eigenvalue weighted by Crippen LogP contribution is 2.42. The lowest BCUT2D eigenvalue weighted by molar-refractivity contribution is -0.117. The summed E-state index contributed by atoms with van der Waals surface area (Å²) in [4.78, 5) is 27.9. The van der Waals surface area contributed by atoms with Gasteiger partial charge in [0.1, 0.15) is 11.5 Å². The minimum Gasteiger partial charge on any atom is -0.503 e. The lowest BCUT2D eigenvalue weighted by Gasteiger charge is -2.24. The van der Waals surface area contributed by atoms with Gasteiger partial charge in [0.25, 0.3) is 5.91 Å². The number of ether oxygens (including phenoxy) is 1. The molecule has 1 atom stereocenters. The molecule has 1 aromatic carbocycles. The molecule has 0 spiro atoms. The number of carbonyl (C=O) groups is 2. The van der Waals surface area contributed by atoms with Crippen molar-refractivity contribution < 1.29 is 24.0 Å². The fraction of sp³-hybridized carbons (Fsp3) is 0.227. The van der Waals surface area contributed by atoms with Crippen molar-refractivity contribution in [3.63, 3.8) is 0 Å². The molecule has 0 fully saturated rings. The van der Waals surface area contributed by atoms with Crippen molar-refractivity contribution in [2.45, 2.75) is 26.3 Å². The quantitative estimate of drug-likeness (QED) is 0.557. The minimum atomic E-state index is -0.836. The first-order chi connectivity index (χ1) is 14.5. The molecule has 1 N–H and O–H groups in total. The van der Waals surface area contributed by atoms with Crippen LogP contribution >= 0.6 is 11.3 Å². The van der Waals surface area contributed by atoms with Crippen molar-refractivity contribution in [3.8, 4) is 5.75 Å². The topological polar surface area (TPSA) is 92.9 Å². The SMILES string of the molecule is CCCOc1ccc([C@H]2C(C(=O)c3cccs3)=C(O)C(=O)N2c2cc(C)on2)cc1. The Bertz CT molecular complexity index is 1100. The average molecular weight is 424 g/mol. The number of rotatable bonds is 7. The molecule has 0 aliphatic carbocycles. The van der Waals surface area contributed by atoms with Crippen LogP contribution in [0, 0.1) is 6.92 Å². The van der Waals surface area contributed by atoms with Crippen LogP contribution in [0.2, 0.25) is 0 Å². The van der Waals surface area contributed by atoms with Gasteiger partial charge < -0.3 is 14.4 Å². The number of benzene rings is 1. The van der Waals surface area contributed by atoms with Crippen molar-refractivity contribution in [1.82, 2.24) is 5.16 Å². The van der Waals surface area contributed by atoms with E-state index in [2.05, 4.69) is 5.16 Å². The number of carbonyl (C=O) groups excluding carboxylic acids is 2. The molecule has 1 aliphatic rings. The van der Waals surface area contributed by atoms with Crippen LogP contribution in [-0.2, 0) is 4.79 Å². The first kappa shape index (κ1) is 19.9. The number of thiophene rings is 1. The maximum Gasteiger partial charge on any atom is 0.295 e. The molecule has 4 rings (SSSR count). The number of aliphatic hydroxyl groups is 1. The van der Waals surface area contributed by atoms with Gasteiger partial charge in [0.2, 0.25) is 5.78 Å². The van der Waals surface area contributed by atoms with E-state index >= 15 is 0 Å². The summed E-state index contributed by atoms with van der Waals surface area (Å²) in [5.41, 5.74) is 0.669. The van der Waals surface area contributed by atoms with Crippen LogP contribution in [0.15, 0.2) is 63.7 Å². The Morgan fingerprint density at radius 3 is 2.67 bits per heavy atom. The van der Waals surface area contributed by atoms with Gasteiger partial charge >= 0.3 is 0 Å². The standard InChI is InChI=1S/C22H20N2O5S/c1-3-10-28-15-8-6-14(7-9-15)19-18(20(25)16-5-4-11-30-16)21(26)22(27)24(19)17-12-13(2)29-23-17/h4-9,11-12,19,26H,3,10H2,1-2H3/t19-/m0/s1. The molecule has 0 bridgehead atoms. The molecular formula is C22H20N2O5S. The molecule has 30 heavy (non-hydrogen) atoms. The molecule has 0 unspecified atom stereocenters. The van der Waals surface area contributed by atoms with E-state index in [4.69, 9.17) is 9.26 Å². The fourth-order valence-corrected chi connectivity index (χ4v) is 4.04. The molecule has 3 aromatic rings. The number of Topliss-reactive ketones (excluding diaryl/α,β-unsaturated/α-hetero) is 1. The second-order valence-corrected chi connectivity index (χ2v) is 7.81. The monoisotopic (exact) mass is 424 g/mol. The summed E-state index contributed by atoms with van der Waals surface area (Å²) in [6, 6.07) is 11.3. The molecule has 0 radical (unpaired) electrons. The van der Waals surface area contributed by atoms with Crippen LogP contribution in [-0.4, -0.2) is 28.6 Å². The Kier molecular flexibility index (Phi) is 5.41. The van der Waals surface area contributed by atoms with E-state index < -0.39 is 23.5 Å². The molecule has 7 nitrogen and oxygen atoms in total. The number of aromatic nitrogens is 1. The predicted octanol–water partition coefficient (Wildman–Crippen LogP) is 4.62. The van der Waals surface area contributed by atoms with Crippen molar-refractivity contribution in [2.24, 2.45) is 0 Å². The second kappa shape index (κ2) is 8.16. The van der Waals surface area contributed by atoms with Gasteiger partial charge in [-0.3, -0.25) is 14.5 Å². The van der Waals surface area contributed by atoms with Crippen LogP contribution in [0.1, 0.15) is 40.4 Å². The van der Waals surface area contributed by atoms with Gasteiger partial charge in [0.15, 0.2) is 11.6 Å². The molecule has 1 amide bonds. The summed E-state index contributed by atoms with van der Waals surface area (Å²) >= 11 is 1.25. The number of ketones is 1. The van der Waals surface area contributed by atoms with Crippen molar-refractivity contribution in [2.75, 3.05) is 11.5 Å². The van der Waals surface area contributed by atoms with E-state index in [-0.39, 0.29) is 11.4 Å². The Morgan fingerprint density at radius 1 is 1.30 bits per heavy atom. The molecule has 8 heteroatoms. The number of aliphatic hydroxyl groups excluding tert-OH is 1. The summed E-state index contributed by atoms with van der Waals surface area (Å²) in [6.07, 6.45) is 0.883. The maximum atomic E-state index is 13.2.